The van der Waals surface area contributed by atoms with Gasteiger partial charge in [-0.3, -0.25) is 4.79 Å². The van der Waals surface area contributed by atoms with Gasteiger partial charge in [0.05, 0.1) is 24.4 Å². The van der Waals surface area contributed by atoms with Gasteiger partial charge in [-0.05, 0) is 19.3 Å². The van der Waals surface area contributed by atoms with E-state index in [1.54, 1.807) is 12.2 Å². The van der Waals surface area contributed by atoms with Crippen molar-refractivity contribution in [3.05, 3.63) is 12.2 Å². The lowest BCUT2D eigenvalue weighted by Crippen LogP contribution is -2.25. The Balaban J connectivity index is 2.15. The van der Waals surface area contributed by atoms with Crippen molar-refractivity contribution < 1.29 is 30.0 Å². The third kappa shape index (κ3) is 8.24. The molecular formula is C18H32O6. The number of unbranched alkanes of at least 4 members (excludes halogenated alkanes) is 4. The van der Waals surface area contributed by atoms with E-state index in [1.807, 2.05) is 6.92 Å². The van der Waals surface area contributed by atoms with Crippen molar-refractivity contribution in [2.45, 2.75) is 95.2 Å². The molecule has 0 aromatic rings. The molecule has 1 heterocycles. The Kier molecular flexibility index (Phi) is 10.2. The summed E-state index contributed by atoms with van der Waals surface area (Å²) in [5, 5.41) is 38.2. The van der Waals surface area contributed by atoms with Gasteiger partial charge in [-0.15, -0.1) is 0 Å². The molecular weight excluding hydrogens is 312 g/mol. The number of carboxylic acids is 1. The Morgan fingerprint density at radius 2 is 1.88 bits per heavy atom. The highest BCUT2D eigenvalue weighted by molar-refractivity contribution is 5.66. The smallest absolute Gasteiger partial charge is 0.303 e. The molecule has 1 saturated heterocycles. The maximum Gasteiger partial charge on any atom is 0.303 e. The molecule has 0 radical (unpaired) electrons. The molecule has 1 aliphatic rings. The van der Waals surface area contributed by atoms with Gasteiger partial charge in [-0.25, -0.2) is 0 Å². The molecule has 0 amide bonds. The summed E-state index contributed by atoms with van der Waals surface area (Å²) in [5.41, 5.74) is 0. The van der Waals surface area contributed by atoms with E-state index in [1.165, 1.54) is 0 Å². The Morgan fingerprint density at radius 1 is 1.21 bits per heavy atom. The fourth-order valence-electron chi connectivity index (χ4n) is 2.90. The zero-order chi connectivity index (χ0) is 17.9. The van der Waals surface area contributed by atoms with Gasteiger partial charge in [0.1, 0.15) is 6.10 Å². The molecule has 5 atom stereocenters. The molecule has 0 aliphatic carbocycles. The average Bonchev–Trinajstić information content (AvgIpc) is 2.92. The molecule has 0 aromatic heterocycles. The number of hydrogen-bond donors (Lipinski definition) is 4. The Hall–Kier alpha value is -0.950. The van der Waals surface area contributed by atoms with Crippen molar-refractivity contribution in [3.63, 3.8) is 0 Å². The van der Waals surface area contributed by atoms with E-state index in [-0.39, 0.29) is 12.5 Å². The van der Waals surface area contributed by atoms with Crippen molar-refractivity contribution >= 4 is 5.97 Å². The second-order valence-electron chi connectivity index (χ2n) is 6.57. The summed E-state index contributed by atoms with van der Waals surface area (Å²) in [6.07, 6.45) is 7.04. The SMILES string of the molecule is CC[C@H](O)[C@H]1C[C@H](O)[C@@H](/C=C/[C@H](O)CCCCCCCC(=O)O)O1. The van der Waals surface area contributed by atoms with Crippen LogP contribution in [0.2, 0.25) is 0 Å². The van der Waals surface area contributed by atoms with Crippen LogP contribution in [0.15, 0.2) is 12.2 Å². The summed E-state index contributed by atoms with van der Waals surface area (Å²) >= 11 is 0. The van der Waals surface area contributed by atoms with Gasteiger partial charge in [0.15, 0.2) is 0 Å². The van der Waals surface area contributed by atoms with Crippen LogP contribution in [0.5, 0.6) is 0 Å². The Morgan fingerprint density at radius 3 is 2.54 bits per heavy atom. The summed E-state index contributed by atoms with van der Waals surface area (Å²) in [6.45, 7) is 1.87. The molecule has 24 heavy (non-hydrogen) atoms. The monoisotopic (exact) mass is 344 g/mol. The predicted molar refractivity (Wildman–Crippen MR) is 90.7 cm³/mol. The van der Waals surface area contributed by atoms with E-state index in [0.29, 0.717) is 25.7 Å². The van der Waals surface area contributed by atoms with Crippen LogP contribution in [-0.4, -0.2) is 56.9 Å². The quantitative estimate of drug-likeness (QED) is 0.319. The van der Waals surface area contributed by atoms with Crippen molar-refractivity contribution in [1.29, 1.82) is 0 Å². The van der Waals surface area contributed by atoms with E-state index in [0.717, 1.165) is 25.7 Å². The van der Waals surface area contributed by atoms with Gasteiger partial charge in [-0.1, -0.05) is 44.8 Å². The van der Waals surface area contributed by atoms with Gasteiger partial charge in [0.25, 0.3) is 0 Å². The molecule has 140 valence electrons. The van der Waals surface area contributed by atoms with Crippen LogP contribution >= 0.6 is 0 Å². The third-order valence-corrected chi connectivity index (χ3v) is 4.45. The fraction of sp³-hybridized carbons (Fsp3) is 0.833. The molecule has 6 nitrogen and oxygen atoms in total. The zero-order valence-corrected chi connectivity index (χ0v) is 14.5. The number of aliphatic hydroxyl groups excluding tert-OH is 3. The first-order valence-electron chi connectivity index (χ1n) is 9.03. The highest BCUT2D eigenvalue weighted by atomic mass is 16.5. The van der Waals surface area contributed by atoms with Crippen molar-refractivity contribution in [3.8, 4) is 0 Å². The largest absolute Gasteiger partial charge is 0.481 e. The van der Waals surface area contributed by atoms with Gasteiger partial charge in [0.2, 0.25) is 0 Å². The molecule has 0 aromatic carbocycles. The third-order valence-electron chi connectivity index (χ3n) is 4.45. The number of rotatable bonds is 12. The number of carbonyl (C=O) groups is 1. The van der Waals surface area contributed by atoms with Crippen molar-refractivity contribution in [2.24, 2.45) is 0 Å². The molecule has 0 saturated carbocycles. The van der Waals surface area contributed by atoms with Gasteiger partial charge in [-0.2, -0.15) is 0 Å². The van der Waals surface area contributed by atoms with E-state index < -0.39 is 30.4 Å². The minimum atomic E-state index is -0.749. The van der Waals surface area contributed by atoms with Crippen molar-refractivity contribution in [2.75, 3.05) is 0 Å². The molecule has 1 rings (SSSR count). The van der Waals surface area contributed by atoms with Crippen molar-refractivity contribution in [1.82, 2.24) is 0 Å². The predicted octanol–water partition coefficient (Wildman–Crippen LogP) is 2.01. The van der Waals surface area contributed by atoms with Crippen LogP contribution in [-0.2, 0) is 9.53 Å². The van der Waals surface area contributed by atoms with Gasteiger partial charge in [0, 0.05) is 12.8 Å². The average molecular weight is 344 g/mol. The lowest BCUT2D eigenvalue weighted by atomic mass is 10.0. The highest BCUT2D eigenvalue weighted by Gasteiger charge is 2.35. The van der Waals surface area contributed by atoms with Crippen LogP contribution < -0.4 is 0 Å². The Labute approximate surface area is 144 Å². The maximum atomic E-state index is 10.4. The molecule has 0 bridgehead atoms. The fourth-order valence-corrected chi connectivity index (χ4v) is 2.90. The lowest BCUT2D eigenvalue weighted by molar-refractivity contribution is -0.137. The van der Waals surface area contributed by atoms with Crippen LogP contribution in [0.25, 0.3) is 0 Å². The minimum Gasteiger partial charge on any atom is -0.481 e. The number of ether oxygens (including phenoxy) is 1. The Bertz CT molecular complexity index is 384. The van der Waals surface area contributed by atoms with Crippen LogP contribution in [0.3, 0.4) is 0 Å². The molecule has 4 N–H and O–H groups in total. The summed E-state index contributed by atoms with van der Waals surface area (Å²) in [5.74, 6) is -0.749. The first-order chi connectivity index (χ1) is 11.4. The summed E-state index contributed by atoms with van der Waals surface area (Å²) < 4.78 is 5.62. The summed E-state index contributed by atoms with van der Waals surface area (Å²) in [4.78, 5) is 10.4. The molecule has 1 aliphatic heterocycles. The van der Waals surface area contributed by atoms with Crippen LogP contribution in [0.1, 0.15) is 64.7 Å². The van der Waals surface area contributed by atoms with E-state index in [9.17, 15) is 20.1 Å². The molecule has 6 heteroatoms. The lowest BCUT2D eigenvalue weighted by Gasteiger charge is -2.16. The van der Waals surface area contributed by atoms with Crippen LogP contribution in [0.4, 0.5) is 0 Å². The number of hydrogen-bond acceptors (Lipinski definition) is 5. The van der Waals surface area contributed by atoms with E-state index in [4.69, 9.17) is 9.84 Å². The summed E-state index contributed by atoms with van der Waals surface area (Å²) in [6, 6.07) is 0. The first-order valence-corrected chi connectivity index (χ1v) is 9.03. The maximum absolute atomic E-state index is 10.4. The van der Waals surface area contributed by atoms with E-state index >= 15 is 0 Å². The standard InChI is InChI=1S/C18H32O6/c1-2-14(20)17-12-15(21)16(24-17)11-10-13(19)8-6-4-3-5-7-9-18(22)23/h10-11,13-17,19-21H,2-9,12H2,1H3,(H,22,23)/b11-10+/t13-,14+,15+,16-,17-/m1/s1. The second-order valence-corrected chi connectivity index (χ2v) is 6.57. The molecule has 0 spiro atoms. The number of aliphatic hydroxyl groups is 3. The topological polar surface area (TPSA) is 107 Å². The molecule has 1 fully saturated rings. The minimum absolute atomic E-state index is 0.225. The highest BCUT2D eigenvalue weighted by Crippen LogP contribution is 2.25. The number of aliphatic carboxylic acids is 1. The zero-order valence-electron chi connectivity index (χ0n) is 14.5. The van der Waals surface area contributed by atoms with Crippen LogP contribution in [0, 0.1) is 0 Å². The molecule has 0 unspecified atom stereocenters. The summed E-state index contributed by atoms with van der Waals surface area (Å²) in [7, 11) is 0. The normalized spacial score (nSPS) is 26.8. The first kappa shape index (κ1) is 21.1. The van der Waals surface area contributed by atoms with Gasteiger partial charge >= 0.3 is 5.97 Å². The second kappa shape index (κ2) is 11.6. The van der Waals surface area contributed by atoms with E-state index in [2.05, 4.69) is 0 Å². The van der Waals surface area contributed by atoms with Gasteiger partial charge < -0.3 is 25.2 Å². The number of carboxylic acid groups (broad SMARTS) is 1.